The first-order valence-corrected chi connectivity index (χ1v) is 11.6. The predicted octanol–water partition coefficient (Wildman–Crippen LogP) is 4.56. The van der Waals surface area contributed by atoms with Crippen molar-refractivity contribution >= 4 is 23.6 Å². The highest BCUT2D eigenvalue weighted by molar-refractivity contribution is 8.00. The maximum atomic E-state index is 12.8. The van der Waals surface area contributed by atoms with E-state index in [2.05, 4.69) is 5.32 Å². The predicted molar refractivity (Wildman–Crippen MR) is 126 cm³/mol. The van der Waals surface area contributed by atoms with E-state index in [4.69, 9.17) is 13.9 Å². The minimum atomic E-state index is -0.219. The van der Waals surface area contributed by atoms with Crippen molar-refractivity contribution in [2.45, 2.75) is 24.9 Å². The Morgan fingerprint density at radius 2 is 1.91 bits per heavy atom. The summed E-state index contributed by atoms with van der Waals surface area (Å²) in [5.74, 6) is 2.33. The van der Waals surface area contributed by atoms with Crippen molar-refractivity contribution in [2.24, 2.45) is 0 Å². The third-order valence-corrected chi connectivity index (χ3v) is 6.84. The van der Waals surface area contributed by atoms with Crippen molar-refractivity contribution in [2.75, 3.05) is 20.0 Å². The van der Waals surface area contributed by atoms with Gasteiger partial charge in [-0.2, -0.15) is 0 Å². The molecule has 2 atom stereocenters. The van der Waals surface area contributed by atoms with Crippen molar-refractivity contribution in [3.8, 4) is 11.5 Å². The Morgan fingerprint density at radius 3 is 2.58 bits per heavy atom. The van der Waals surface area contributed by atoms with Crippen molar-refractivity contribution in [3.63, 3.8) is 0 Å². The van der Waals surface area contributed by atoms with E-state index in [1.54, 1.807) is 49.3 Å². The molecule has 0 unspecified atom stereocenters. The normalized spacial score (nSPS) is 16.5. The molecule has 0 saturated carbocycles. The lowest BCUT2D eigenvalue weighted by molar-refractivity contribution is -0.128. The number of carbonyl (C=O) groups excluding carboxylic acids is 2. The maximum Gasteiger partial charge on any atom is 0.251 e. The molecule has 2 aromatic carbocycles. The van der Waals surface area contributed by atoms with Gasteiger partial charge in [-0.1, -0.05) is 18.2 Å². The summed E-state index contributed by atoms with van der Waals surface area (Å²) in [4.78, 5) is 27.0. The number of nitrogens with zero attached hydrogens (tertiary/aromatic N) is 1. The van der Waals surface area contributed by atoms with Crippen LogP contribution < -0.4 is 14.8 Å². The fraction of sp³-hybridized carbons (Fsp3) is 0.280. The molecule has 2 heterocycles. The fourth-order valence-corrected chi connectivity index (χ4v) is 4.94. The highest BCUT2D eigenvalue weighted by Crippen LogP contribution is 2.39. The molecule has 1 aliphatic rings. The Bertz CT molecular complexity index is 1110. The summed E-state index contributed by atoms with van der Waals surface area (Å²) in [7, 11) is 3.17. The number of nitrogens with one attached hydrogen (secondary N) is 1. The Hall–Kier alpha value is -3.39. The molecule has 172 valence electrons. The van der Waals surface area contributed by atoms with Gasteiger partial charge in [-0.25, -0.2) is 0 Å². The molecule has 0 aliphatic carbocycles. The van der Waals surface area contributed by atoms with Crippen molar-refractivity contribution in [1.82, 2.24) is 10.2 Å². The van der Waals surface area contributed by atoms with Gasteiger partial charge < -0.3 is 24.1 Å². The third-order valence-electron chi connectivity index (χ3n) is 5.59. The zero-order chi connectivity index (χ0) is 23.4. The molecule has 3 aromatic rings. The van der Waals surface area contributed by atoms with Crippen molar-refractivity contribution in [1.29, 1.82) is 0 Å². The average Bonchev–Trinajstić information content (AvgIpc) is 3.49. The Balaban J connectivity index is 1.43. The molecule has 7 nitrogen and oxygen atoms in total. The molecule has 0 bridgehead atoms. The van der Waals surface area contributed by atoms with Crippen LogP contribution in [0.5, 0.6) is 11.5 Å². The smallest absolute Gasteiger partial charge is 0.251 e. The van der Waals surface area contributed by atoms with Crippen LogP contribution in [0.25, 0.3) is 0 Å². The minimum Gasteiger partial charge on any atom is -0.493 e. The fourth-order valence-electron chi connectivity index (χ4n) is 3.76. The van der Waals surface area contributed by atoms with E-state index in [1.807, 2.05) is 49.4 Å². The molecule has 1 saturated heterocycles. The molecule has 4 rings (SSSR count). The van der Waals surface area contributed by atoms with Crippen LogP contribution in [0.4, 0.5) is 0 Å². The van der Waals surface area contributed by atoms with Crippen LogP contribution in [-0.2, 0) is 11.3 Å². The molecular formula is C25H26N2O5S. The lowest BCUT2D eigenvalue weighted by Gasteiger charge is -2.23. The SMILES string of the molecule is COc1ccc([C@H](C)NC(=O)c2ccc([C@H]3SCC(=O)N3Cc3ccco3)cc2)cc1OC. The highest BCUT2D eigenvalue weighted by Gasteiger charge is 2.33. The van der Waals surface area contributed by atoms with Gasteiger partial charge in [0, 0.05) is 5.56 Å². The molecule has 2 amide bonds. The van der Waals surface area contributed by atoms with Crippen molar-refractivity contribution < 1.29 is 23.5 Å². The summed E-state index contributed by atoms with van der Waals surface area (Å²) < 4.78 is 16.0. The minimum absolute atomic E-state index is 0.0759. The van der Waals surface area contributed by atoms with Gasteiger partial charge in [-0.05, 0) is 54.4 Å². The van der Waals surface area contributed by atoms with Gasteiger partial charge >= 0.3 is 0 Å². The highest BCUT2D eigenvalue weighted by atomic mass is 32.2. The van der Waals surface area contributed by atoms with E-state index >= 15 is 0 Å². The first-order chi connectivity index (χ1) is 16.0. The van der Waals surface area contributed by atoms with Gasteiger partial charge in [0.15, 0.2) is 11.5 Å². The van der Waals surface area contributed by atoms with E-state index in [1.165, 1.54) is 0 Å². The summed E-state index contributed by atoms with van der Waals surface area (Å²) in [5, 5.41) is 2.91. The summed E-state index contributed by atoms with van der Waals surface area (Å²) in [6.07, 6.45) is 1.61. The molecule has 8 heteroatoms. The molecule has 1 aliphatic heterocycles. The van der Waals surface area contributed by atoms with Gasteiger partial charge in [0.25, 0.3) is 5.91 Å². The Morgan fingerprint density at radius 1 is 1.15 bits per heavy atom. The monoisotopic (exact) mass is 466 g/mol. The number of hydrogen-bond acceptors (Lipinski definition) is 6. The second-order valence-electron chi connectivity index (χ2n) is 7.70. The van der Waals surface area contributed by atoms with E-state index in [9.17, 15) is 9.59 Å². The number of furan rings is 1. The number of amides is 2. The summed E-state index contributed by atoms with van der Waals surface area (Å²) in [6.45, 7) is 2.34. The number of rotatable bonds is 8. The molecule has 1 N–H and O–H groups in total. The zero-order valence-electron chi connectivity index (χ0n) is 18.7. The molecule has 33 heavy (non-hydrogen) atoms. The summed E-state index contributed by atoms with van der Waals surface area (Å²) >= 11 is 1.57. The van der Waals surface area contributed by atoms with Gasteiger partial charge in [0.1, 0.15) is 11.1 Å². The lowest BCUT2D eigenvalue weighted by Crippen LogP contribution is -2.28. The van der Waals surface area contributed by atoms with E-state index in [0.29, 0.717) is 29.4 Å². The lowest BCUT2D eigenvalue weighted by atomic mass is 10.1. The molecule has 1 fully saturated rings. The average molecular weight is 467 g/mol. The second-order valence-corrected chi connectivity index (χ2v) is 8.76. The van der Waals surface area contributed by atoms with Gasteiger partial charge in [0.05, 0.1) is 38.8 Å². The van der Waals surface area contributed by atoms with Crippen molar-refractivity contribution in [3.05, 3.63) is 83.3 Å². The van der Waals surface area contributed by atoms with Crippen LogP contribution in [0.15, 0.2) is 65.3 Å². The molecule has 0 radical (unpaired) electrons. The first kappa shape index (κ1) is 22.8. The van der Waals surface area contributed by atoms with Crippen LogP contribution in [0.1, 0.15) is 45.6 Å². The topological polar surface area (TPSA) is 81.0 Å². The number of methoxy groups -OCH3 is 2. The molecule has 0 spiro atoms. The standard InChI is InChI=1S/C25H26N2O5S/c1-16(19-10-11-21(30-2)22(13-19)31-3)26-24(29)17-6-8-18(9-7-17)25-27(23(28)15-33-25)14-20-5-4-12-32-20/h4-13,16,25H,14-15H2,1-3H3,(H,26,29)/t16-,25+/m0/s1. The number of hydrogen-bond donors (Lipinski definition) is 1. The molecule has 1 aromatic heterocycles. The summed E-state index contributed by atoms with van der Waals surface area (Å²) in [5.41, 5.74) is 2.44. The third kappa shape index (κ3) is 5.01. The Labute approximate surface area is 197 Å². The van der Waals surface area contributed by atoms with Crippen LogP contribution in [0, 0.1) is 0 Å². The van der Waals surface area contributed by atoms with Crippen LogP contribution in [-0.4, -0.2) is 36.7 Å². The van der Waals surface area contributed by atoms with Crippen LogP contribution in [0.2, 0.25) is 0 Å². The first-order valence-electron chi connectivity index (χ1n) is 10.6. The van der Waals surface area contributed by atoms with E-state index in [0.717, 1.165) is 16.9 Å². The summed E-state index contributed by atoms with van der Waals surface area (Å²) in [6, 6.07) is 16.4. The Kier molecular flexibility index (Phi) is 6.93. The van der Waals surface area contributed by atoms with Gasteiger partial charge in [-0.3, -0.25) is 9.59 Å². The quantitative estimate of drug-likeness (QED) is 0.524. The van der Waals surface area contributed by atoms with E-state index in [-0.39, 0.29) is 23.2 Å². The van der Waals surface area contributed by atoms with Crippen LogP contribution >= 0.6 is 11.8 Å². The zero-order valence-corrected chi connectivity index (χ0v) is 19.6. The van der Waals surface area contributed by atoms with Gasteiger partial charge in [-0.15, -0.1) is 11.8 Å². The number of thioether (sulfide) groups is 1. The maximum absolute atomic E-state index is 12.8. The number of carbonyl (C=O) groups is 2. The van der Waals surface area contributed by atoms with Gasteiger partial charge in [0.2, 0.25) is 5.91 Å². The molecular weight excluding hydrogens is 440 g/mol. The number of benzene rings is 2. The second kappa shape index (κ2) is 10.0. The van der Waals surface area contributed by atoms with E-state index < -0.39 is 0 Å². The van der Waals surface area contributed by atoms with Crippen LogP contribution in [0.3, 0.4) is 0 Å². The number of ether oxygens (including phenoxy) is 2. The largest absolute Gasteiger partial charge is 0.493 e.